The number of carboxylic acids is 1. The first-order chi connectivity index (χ1) is 11.1. The molecule has 5 rings (SSSR count). The maximum atomic E-state index is 12.9. The van der Waals surface area contributed by atoms with Gasteiger partial charge in [-0.1, -0.05) is 35.6 Å². The summed E-state index contributed by atoms with van der Waals surface area (Å²) in [5.74, 6) is -2.66. The number of aliphatic carboxylic acids is 1. The van der Waals surface area contributed by atoms with E-state index >= 15 is 0 Å². The summed E-state index contributed by atoms with van der Waals surface area (Å²) in [6.45, 7) is 0.326. The van der Waals surface area contributed by atoms with Gasteiger partial charge in [-0.2, -0.15) is 0 Å². The summed E-state index contributed by atoms with van der Waals surface area (Å²) in [6, 6.07) is 7.69. The normalized spacial score (nSPS) is 34.5. The van der Waals surface area contributed by atoms with Crippen LogP contribution in [-0.4, -0.2) is 40.2 Å². The van der Waals surface area contributed by atoms with Crippen LogP contribution in [0.1, 0.15) is 0 Å². The lowest BCUT2D eigenvalue weighted by molar-refractivity contribution is -0.146. The van der Waals surface area contributed by atoms with Crippen LogP contribution >= 0.6 is 11.3 Å². The second-order valence-corrected chi connectivity index (χ2v) is 7.14. The SMILES string of the molecule is O=C(O)[C@H]1[C@H]2C(=O)N(c3nc4ccccc4s3)C[C@@]23C=C[C@H]1O3. The number of carbonyl (C=O) groups is 2. The summed E-state index contributed by atoms with van der Waals surface area (Å²) in [6.07, 6.45) is 3.12. The number of amides is 1. The highest BCUT2D eigenvalue weighted by molar-refractivity contribution is 7.22. The van der Waals surface area contributed by atoms with Crippen molar-refractivity contribution in [3.8, 4) is 0 Å². The van der Waals surface area contributed by atoms with Gasteiger partial charge >= 0.3 is 5.97 Å². The van der Waals surface area contributed by atoms with Crippen molar-refractivity contribution >= 4 is 38.6 Å². The quantitative estimate of drug-likeness (QED) is 0.848. The molecule has 6 nitrogen and oxygen atoms in total. The highest BCUT2D eigenvalue weighted by Gasteiger charge is 2.67. The van der Waals surface area contributed by atoms with Crippen molar-refractivity contribution < 1.29 is 19.4 Å². The van der Waals surface area contributed by atoms with Gasteiger partial charge in [-0.3, -0.25) is 14.5 Å². The molecule has 2 saturated heterocycles. The van der Waals surface area contributed by atoms with Crippen LogP contribution in [0.3, 0.4) is 0 Å². The molecule has 4 heterocycles. The van der Waals surface area contributed by atoms with E-state index in [1.54, 1.807) is 11.0 Å². The van der Waals surface area contributed by atoms with E-state index in [9.17, 15) is 14.7 Å². The third-order valence-electron chi connectivity index (χ3n) is 4.90. The Balaban J connectivity index is 1.58. The number of hydrogen-bond acceptors (Lipinski definition) is 5. The average Bonchev–Trinajstić information content (AvgIpc) is 3.25. The van der Waals surface area contributed by atoms with Crippen LogP contribution in [0.4, 0.5) is 5.13 Å². The molecule has 2 fully saturated rings. The maximum absolute atomic E-state index is 12.9. The average molecular weight is 328 g/mol. The molecule has 0 saturated carbocycles. The zero-order valence-corrected chi connectivity index (χ0v) is 12.7. The number of para-hydroxylation sites is 1. The zero-order valence-electron chi connectivity index (χ0n) is 11.9. The van der Waals surface area contributed by atoms with Gasteiger partial charge in [0.2, 0.25) is 5.91 Å². The lowest BCUT2D eigenvalue weighted by Gasteiger charge is -2.21. The summed E-state index contributed by atoms with van der Waals surface area (Å²) in [7, 11) is 0. The van der Waals surface area contributed by atoms with E-state index in [0.717, 1.165) is 10.2 Å². The number of benzene rings is 1. The number of rotatable bonds is 2. The van der Waals surface area contributed by atoms with E-state index in [2.05, 4.69) is 4.98 Å². The van der Waals surface area contributed by atoms with Gasteiger partial charge in [0.05, 0.1) is 28.8 Å². The zero-order chi connectivity index (χ0) is 15.8. The Morgan fingerprint density at radius 1 is 1.43 bits per heavy atom. The predicted molar refractivity (Wildman–Crippen MR) is 83.3 cm³/mol. The lowest BCUT2D eigenvalue weighted by Crippen LogP contribution is -2.39. The van der Waals surface area contributed by atoms with Crippen molar-refractivity contribution in [2.24, 2.45) is 11.8 Å². The highest BCUT2D eigenvalue weighted by Crippen LogP contribution is 2.53. The van der Waals surface area contributed by atoms with Gasteiger partial charge in [0.15, 0.2) is 5.13 Å². The van der Waals surface area contributed by atoms with Gasteiger partial charge in [-0.05, 0) is 12.1 Å². The fraction of sp³-hybridized carbons (Fsp3) is 0.312. The summed E-state index contributed by atoms with van der Waals surface area (Å²) in [5, 5.41) is 10.1. The number of aromatic nitrogens is 1. The predicted octanol–water partition coefficient (Wildman–Crippen LogP) is 1.67. The van der Waals surface area contributed by atoms with Gasteiger partial charge in [-0.15, -0.1) is 0 Å². The summed E-state index contributed by atoms with van der Waals surface area (Å²) >= 11 is 1.44. The third-order valence-corrected chi connectivity index (χ3v) is 5.96. The Hall–Kier alpha value is -2.25. The number of carboxylic acid groups (broad SMARTS) is 1. The second kappa shape index (κ2) is 4.18. The monoisotopic (exact) mass is 328 g/mol. The fourth-order valence-corrected chi connectivity index (χ4v) is 4.89. The molecule has 1 aromatic heterocycles. The van der Waals surface area contributed by atoms with Gasteiger partial charge in [0, 0.05) is 0 Å². The molecule has 0 aliphatic carbocycles. The van der Waals surface area contributed by atoms with Crippen molar-refractivity contribution in [1.82, 2.24) is 4.98 Å². The summed E-state index contributed by atoms with van der Waals surface area (Å²) in [5.41, 5.74) is 0.0215. The minimum Gasteiger partial charge on any atom is -0.481 e. The molecule has 2 aromatic rings. The third kappa shape index (κ3) is 1.58. The Morgan fingerprint density at radius 2 is 2.26 bits per heavy atom. The Morgan fingerprint density at radius 3 is 3.04 bits per heavy atom. The van der Waals surface area contributed by atoms with E-state index in [4.69, 9.17) is 4.74 Å². The first-order valence-electron chi connectivity index (χ1n) is 7.36. The molecular formula is C16H12N2O4S. The Bertz CT molecular complexity index is 858. The number of fused-ring (bicyclic) bond motifs is 2. The van der Waals surface area contributed by atoms with Crippen LogP contribution in [0.2, 0.25) is 0 Å². The van der Waals surface area contributed by atoms with Gasteiger partial charge in [0.25, 0.3) is 0 Å². The Labute approximate surface area is 135 Å². The highest BCUT2D eigenvalue weighted by atomic mass is 32.1. The van der Waals surface area contributed by atoms with E-state index in [0.29, 0.717) is 11.7 Å². The number of ether oxygens (including phenoxy) is 1. The minimum absolute atomic E-state index is 0.205. The molecule has 0 radical (unpaired) electrons. The molecular weight excluding hydrogens is 316 g/mol. The molecule has 4 atom stereocenters. The molecule has 23 heavy (non-hydrogen) atoms. The Kier molecular flexibility index (Phi) is 2.40. The largest absolute Gasteiger partial charge is 0.481 e. The number of carbonyl (C=O) groups excluding carboxylic acids is 1. The van der Waals surface area contributed by atoms with Gasteiger partial charge in [0.1, 0.15) is 11.5 Å². The smallest absolute Gasteiger partial charge is 0.310 e. The number of hydrogen-bond donors (Lipinski definition) is 1. The van der Waals surface area contributed by atoms with Crippen LogP contribution < -0.4 is 4.90 Å². The molecule has 1 N–H and O–H groups in total. The molecule has 1 amide bonds. The molecule has 1 aromatic carbocycles. The minimum atomic E-state index is -0.981. The molecule has 0 unspecified atom stereocenters. The van der Waals surface area contributed by atoms with Crippen molar-refractivity contribution in [2.45, 2.75) is 11.7 Å². The van der Waals surface area contributed by atoms with E-state index in [1.807, 2.05) is 30.3 Å². The summed E-state index contributed by atoms with van der Waals surface area (Å²) < 4.78 is 6.88. The van der Waals surface area contributed by atoms with E-state index in [-0.39, 0.29) is 5.91 Å². The number of thiazole rings is 1. The first kappa shape index (κ1) is 13.2. The number of anilines is 1. The van der Waals surface area contributed by atoms with E-state index < -0.39 is 29.5 Å². The molecule has 1 spiro atoms. The van der Waals surface area contributed by atoms with Crippen LogP contribution in [0, 0.1) is 11.8 Å². The van der Waals surface area contributed by atoms with E-state index in [1.165, 1.54) is 11.3 Å². The maximum Gasteiger partial charge on any atom is 0.310 e. The van der Waals surface area contributed by atoms with Gasteiger partial charge < -0.3 is 9.84 Å². The van der Waals surface area contributed by atoms with Crippen LogP contribution in [0.25, 0.3) is 10.2 Å². The van der Waals surface area contributed by atoms with Crippen molar-refractivity contribution in [3.05, 3.63) is 36.4 Å². The topological polar surface area (TPSA) is 79.7 Å². The fourth-order valence-electron chi connectivity index (χ4n) is 3.92. The van der Waals surface area contributed by atoms with Crippen molar-refractivity contribution in [2.75, 3.05) is 11.4 Å². The molecule has 3 aliphatic rings. The van der Waals surface area contributed by atoms with Gasteiger partial charge in [-0.25, -0.2) is 4.98 Å². The van der Waals surface area contributed by atoms with Crippen LogP contribution in [0.15, 0.2) is 36.4 Å². The van der Waals surface area contributed by atoms with Crippen molar-refractivity contribution in [3.63, 3.8) is 0 Å². The number of nitrogens with zero attached hydrogens (tertiary/aromatic N) is 2. The summed E-state index contributed by atoms with van der Waals surface area (Å²) in [4.78, 5) is 30.5. The first-order valence-corrected chi connectivity index (χ1v) is 8.18. The van der Waals surface area contributed by atoms with Crippen molar-refractivity contribution in [1.29, 1.82) is 0 Å². The molecule has 2 bridgehead atoms. The van der Waals surface area contributed by atoms with Crippen LogP contribution in [0.5, 0.6) is 0 Å². The lowest BCUT2D eigenvalue weighted by atomic mass is 9.77. The molecule has 116 valence electrons. The standard InChI is InChI=1S/C16H12N2O4S/c19-13-12-11(14(20)21)9-5-6-16(12,22-9)7-18(13)15-17-8-3-1-2-4-10(8)23-15/h1-6,9,11-12H,7H2,(H,20,21)/t9-,11-,12+,16+/m1/s1. The molecule has 7 heteroatoms. The molecule has 3 aliphatic heterocycles. The second-order valence-electron chi connectivity index (χ2n) is 6.13. The van der Waals surface area contributed by atoms with Crippen LogP contribution in [-0.2, 0) is 14.3 Å².